The number of piperidine rings is 1. The van der Waals surface area contributed by atoms with E-state index >= 15 is 0 Å². The average Bonchev–Trinajstić information content (AvgIpc) is 2.63. The highest BCUT2D eigenvalue weighted by Gasteiger charge is 2.19. The highest BCUT2D eigenvalue weighted by molar-refractivity contribution is 5.77. The van der Waals surface area contributed by atoms with Crippen LogP contribution in [0.3, 0.4) is 0 Å². The monoisotopic (exact) mass is 268 g/mol. The van der Waals surface area contributed by atoms with Gasteiger partial charge in [0, 0.05) is 6.04 Å². The van der Waals surface area contributed by atoms with Crippen LogP contribution in [0.1, 0.15) is 51.9 Å². The first-order valence-corrected chi connectivity index (χ1v) is 7.85. The Balaban J connectivity index is 1.63. The highest BCUT2D eigenvalue weighted by atomic mass is 16.5. The number of carbonyl (C=O) groups is 1. The van der Waals surface area contributed by atoms with Crippen LogP contribution in [0.2, 0.25) is 0 Å². The molecule has 110 valence electrons. The second kappa shape index (κ2) is 7.85. The molecule has 1 amide bonds. The van der Waals surface area contributed by atoms with E-state index in [0.29, 0.717) is 6.04 Å². The third-order valence-electron chi connectivity index (χ3n) is 4.36. The zero-order valence-corrected chi connectivity index (χ0v) is 12.1. The molecule has 1 aliphatic carbocycles. The summed E-state index contributed by atoms with van der Waals surface area (Å²) in [6, 6.07) is 0.370. The van der Waals surface area contributed by atoms with Gasteiger partial charge in [-0.15, -0.1) is 0 Å². The Kier molecular flexibility index (Phi) is 6.11. The van der Waals surface area contributed by atoms with Crippen LogP contribution in [0.5, 0.6) is 0 Å². The third-order valence-corrected chi connectivity index (χ3v) is 4.36. The van der Waals surface area contributed by atoms with Crippen molar-refractivity contribution >= 4 is 5.91 Å². The largest absolute Gasteiger partial charge is 0.368 e. The van der Waals surface area contributed by atoms with Crippen LogP contribution < -0.4 is 10.6 Å². The zero-order valence-electron chi connectivity index (χ0n) is 12.1. The fraction of sp³-hybridized carbons (Fsp3) is 0.933. The number of carbonyl (C=O) groups excluding carboxylic acids is 1. The summed E-state index contributed by atoms with van der Waals surface area (Å²) in [5.74, 6) is 0.881. The van der Waals surface area contributed by atoms with Crippen LogP contribution in [0.25, 0.3) is 0 Å². The van der Waals surface area contributed by atoms with Crippen molar-refractivity contribution in [2.45, 2.75) is 64.0 Å². The molecule has 0 spiro atoms. The molecule has 2 atom stereocenters. The van der Waals surface area contributed by atoms with E-state index in [2.05, 4.69) is 17.6 Å². The molecule has 0 bridgehead atoms. The van der Waals surface area contributed by atoms with Gasteiger partial charge in [0.1, 0.15) is 6.61 Å². The van der Waals surface area contributed by atoms with Crippen molar-refractivity contribution in [1.29, 1.82) is 0 Å². The lowest BCUT2D eigenvalue weighted by Crippen LogP contribution is -2.39. The number of amides is 1. The molecule has 2 fully saturated rings. The van der Waals surface area contributed by atoms with Gasteiger partial charge in [0.2, 0.25) is 5.91 Å². The van der Waals surface area contributed by atoms with Crippen molar-refractivity contribution in [3.63, 3.8) is 0 Å². The van der Waals surface area contributed by atoms with Crippen molar-refractivity contribution in [3.05, 3.63) is 0 Å². The van der Waals surface area contributed by atoms with E-state index in [4.69, 9.17) is 4.74 Å². The maximum atomic E-state index is 11.9. The first-order chi connectivity index (χ1) is 9.24. The summed E-state index contributed by atoms with van der Waals surface area (Å²) in [7, 11) is 0. The Hall–Kier alpha value is -0.610. The minimum absolute atomic E-state index is 0.0677. The van der Waals surface area contributed by atoms with Crippen LogP contribution in [-0.4, -0.2) is 37.7 Å². The Bertz CT molecular complexity index is 277. The summed E-state index contributed by atoms with van der Waals surface area (Å²) in [5, 5.41) is 6.44. The van der Waals surface area contributed by atoms with Gasteiger partial charge < -0.3 is 15.4 Å². The molecule has 2 N–H and O–H groups in total. The number of hydrogen-bond donors (Lipinski definition) is 2. The van der Waals surface area contributed by atoms with E-state index in [1.54, 1.807) is 0 Å². The first kappa shape index (κ1) is 14.8. The molecule has 2 unspecified atom stereocenters. The molecule has 19 heavy (non-hydrogen) atoms. The van der Waals surface area contributed by atoms with Gasteiger partial charge in [-0.25, -0.2) is 0 Å². The van der Waals surface area contributed by atoms with Crippen LogP contribution in [0.4, 0.5) is 0 Å². The zero-order chi connectivity index (χ0) is 13.5. The molecule has 1 heterocycles. The number of ether oxygens (including phenoxy) is 1. The Morgan fingerprint density at radius 2 is 1.95 bits per heavy atom. The van der Waals surface area contributed by atoms with Gasteiger partial charge in [0.25, 0.3) is 0 Å². The molecule has 0 aromatic rings. The summed E-state index contributed by atoms with van der Waals surface area (Å²) < 4.78 is 5.69. The summed E-state index contributed by atoms with van der Waals surface area (Å²) in [6.07, 6.45) is 8.34. The van der Waals surface area contributed by atoms with Gasteiger partial charge in [-0.3, -0.25) is 4.79 Å². The van der Waals surface area contributed by atoms with Gasteiger partial charge in [-0.1, -0.05) is 19.8 Å². The minimum atomic E-state index is 0.0677. The number of nitrogens with one attached hydrogen (secondary N) is 2. The van der Waals surface area contributed by atoms with Gasteiger partial charge >= 0.3 is 0 Å². The molecule has 1 aliphatic heterocycles. The van der Waals surface area contributed by atoms with E-state index in [0.717, 1.165) is 44.7 Å². The molecule has 1 saturated heterocycles. The van der Waals surface area contributed by atoms with Gasteiger partial charge in [0.15, 0.2) is 0 Å². The predicted octanol–water partition coefficient (Wildman–Crippen LogP) is 1.84. The van der Waals surface area contributed by atoms with Crippen LogP contribution in [0, 0.1) is 5.92 Å². The molecule has 0 aromatic carbocycles. The summed E-state index contributed by atoms with van der Waals surface area (Å²) in [5.41, 5.74) is 0. The van der Waals surface area contributed by atoms with Crippen LogP contribution >= 0.6 is 0 Å². The molecule has 0 aromatic heterocycles. The smallest absolute Gasteiger partial charge is 0.246 e. The summed E-state index contributed by atoms with van der Waals surface area (Å²) >= 11 is 0. The minimum Gasteiger partial charge on any atom is -0.368 e. The SMILES string of the molecule is CC1CCCC(NC(=O)COC2CCNCC2)CC1. The molecular formula is C15H28N2O2. The van der Waals surface area contributed by atoms with Crippen molar-refractivity contribution in [2.75, 3.05) is 19.7 Å². The van der Waals surface area contributed by atoms with E-state index in [1.165, 1.54) is 19.3 Å². The van der Waals surface area contributed by atoms with E-state index in [-0.39, 0.29) is 18.6 Å². The van der Waals surface area contributed by atoms with Crippen LogP contribution in [0.15, 0.2) is 0 Å². The van der Waals surface area contributed by atoms with E-state index in [1.807, 2.05) is 0 Å². The first-order valence-electron chi connectivity index (χ1n) is 7.85. The lowest BCUT2D eigenvalue weighted by atomic mass is 10.0. The molecule has 4 nitrogen and oxygen atoms in total. The molecule has 1 saturated carbocycles. The summed E-state index contributed by atoms with van der Waals surface area (Å²) in [4.78, 5) is 11.9. The van der Waals surface area contributed by atoms with Gasteiger partial charge in [-0.2, -0.15) is 0 Å². The van der Waals surface area contributed by atoms with Crippen molar-refractivity contribution in [3.8, 4) is 0 Å². The summed E-state index contributed by atoms with van der Waals surface area (Å²) in [6.45, 7) is 4.56. The topological polar surface area (TPSA) is 50.4 Å². The maximum absolute atomic E-state index is 11.9. The van der Waals surface area contributed by atoms with E-state index < -0.39 is 0 Å². The molecule has 2 aliphatic rings. The van der Waals surface area contributed by atoms with Gasteiger partial charge in [0.05, 0.1) is 6.10 Å². The Morgan fingerprint density at radius 3 is 2.74 bits per heavy atom. The lowest BCUT2D eigenvalue weighted by molar-refractivity contribution is -0.129. The Labute approximate surface area is 116 Å². The maximum Gasteiger partial charge on any atom is 0.246 e. The highest BCUT2D eigenvalue weighted by Crippen LogP contribution is 2.22. The number of rotatable bonds is 4. The fourth-order valence-electron chi connectivity index (χ4n) is 3.06. The standard InChI is InChI=1S/C15H28N2O2/c1-12-3-2-4-13(6-5-12)17-15(18)11-19-14-7-9-16-10-8-14/h12-14,16H,2-11H2,1H3,(H,17,18). The van der Waals surface area contributed by atoms with Crippen molar-refractivity contribution < 1.29 is 9.53 Å². The van der Waals surface area contributed by atoms with Crippen molar-refractivity contribution in [1.82, 2.24) is 10.6 Å². The lowest BCUT2D eigenvalue weighted by Gasteiger charge is -2.23. The quantitative estimate of drug-likeness (QED) is 0.765. The predicted molar refractivity (Wildman–Crippen MR) is 76.0 cm³/mol. The molecule has 4 heteroatoms. The molecular weight excluding hydrogens is 240 g/mol. The number of hydrogen-bond acceptors (Lipinski definition) is 3. The fourth-order valence-corrected chi connectivity index (χ4v) is 3.06. The van der Waals surface area contributed by atoms with E-state index in [9.17, 15) is 4.79 Å². The Morgan fingerprint density at radius 1 is 1.16 bits per heavy atom. The molecule has 2 rings (SSSR count). The average molecular weight is 268 g/mol. The van der Waals surface area contributed by atoms with Crippen molar-refractivity contribution in [2.24, 2.45) is 5.92 Å². The molecule has 0 radical (unpaired) electrons. The van der Waals surface area contributed by atoms with Crippen LogP contribution in [-0.2, 0) is 9.53 Å². The van der Waals surface area contributed by atoms with Gasteiger partial charge in [-0.05, 0) is 51.1 Å². The second-order valence-electron chi connectivity index (χ2n) is 6.14. The second-order valence-corrected chi connectivity index (χ2v) is 6.14. The normalized spacial score (nSPS) is 29.7. The third kappa shape index (κ3) is 5.49.